The number of nitrogens with two attached hydrogens (primary N) is 1. The zero-order chi connectivity index (χ0) is 13.0. The molecule has 2 rings (SSSR count). The van der Waals surface area contributed by atoms with E-state index in [1.165, 1.54) is 43.2 Å². The normalized spacial score (nSPS) is 18.5. The number of benzene rings is 1. The largest absolute Gasteiger partial charge is 0.370 e. The van der Waals surface area contributed by atoms with Crippen molar-refractivity contribution in [1.29, 1.82) is 0 Å². The molecular weight excluding hydrogens is 222 g/mol. The Morgan fingerprint density at radius 1 is 1.33 bits per heavy atom. The molecule has 1 aliphatic carbocycles. The maximum absolute atomic E-state index is 11.3. The van der Waals surface area contributed by atoms with Gasteiger partial charge in [0, 0.05) is 6.42 Å². The molecule has 1 unspecified atom stereocenters. The lowest BCUT2D eigenvalue weighted by molar-refractivity contribution is -0.118. The van der Waals surface area contributed by atoms with E-state index in [0.29, 0.717) is 18.3 Å². The Morgan fingerprint density at radius 3 is 2.67 bits per heavy atom. The van der Waals surface area contributed by atoms with Crippen LogP contribution in [0, 0.1) is 12.8 Å². The van der Waals surface area contributed by atoms with E-state index in [-0.39, 0.29) is 5.91 Å². The number of hydrogen-bond donors (Lipinski definition) is 1. The van der Waals surface area contributed by atoms with Gasteiger partial charge in [0.15, 0.2) is 0 Å². The molecule has 2 nitrogen and oxygen atoms in total. The number of hydrogen-bond acceptors (Lipinski definition) is 1. The summed E-state index contributed by atoms with van der Waals surface area (Å²) in [6.07, 6.45) is 6.91. The van der Waals surface area contributed by atoms with E-state index in [4.69, 9.17) is 5.73 Å². The lowest BCUT2D eigenvalue weighted by Gasteiger charge is -2.30. The monoisotopic (exact) mass is 245 g/mol. The van der Waals surface area contributed by atoms with Crippen molar-refractivity contribution in [3.8, 4) is 0 Å². The zero-order valence-electron chi connectivity index (χ0n) is 11.2. The SMILES string of the molecule is Cc1cccc(C(CC(N)=O)C2CCCCC2)c1. The van der Waals surface area contributed by atoms with E-state index in [1.54, 1.807) is 0 Å². The summed E-state index contributed by atoms with van der Waals surface area (Å²) in [7, 11) is 0. The lowest BCUT2D eigenvalue weighted by Crippen LogP contribution is -2.23. The van der Waals surface area contributed by atoms with E-state index in [1.807, 2.05) is 0 Å². The molecule has 0 heterocycles. The van der Waals surface area contributed by atoms with Crippen molar-refractivity contribution in [2.24, 2.45) is 11.7 Å². The molecule has 0 radical (unpaired) electrons. The Kier molecular flexibility index (Phi) is 4.40. The van der Waals surface area contributed by atoms with E-state index in [9.17, 15) is 4.79 Å². The summed E-state index contributed by atoms with van der Waals surface area (Å²) in [4.78, 5) is 11.3. The van der Waals surface area contributed by atoms with Crippen molar-refractivity contribution in [1.82, 2.24) is 0 Å². The highest BCUT2D eigenvalue weighted by molar-refractivity contribution is 5.74. The van der Waals surface area contributed by atoms with Gasteiger partial charge in [0.25, 0.3) is 0 Å². The van der Waals surface area contributed by atoms with Crippen LogP contribution in [0.5, 0.6) is 0 Å². The van der Waals surface area contributed by atoms with Crippen LogP contribution in [0.1, 0.15) is 55.6 Å². The van der Waals surface area contributed by atoms with Crippen LogP contribution in [-0.2, 0) is 4.79 Å². The number of primary amides is 1. The van der Waals surface area contributed by atoms with Crippen LogP contribution in [0.25, 0.3) is 0 Å². The second kappa shape index (κ2) is 6.03. The predicted molar refractivity (Wildman–Crippen MR) is 74.3 cm³/mol. The van der Waals surface area contributed by atoms with Crippen LogP contribution in [-0.4, -0.2) is 5.91 Å². The van der Waals surface area contributed by atoms with E-state index in [2.05, 4.69) is 31.2 Å². The third kappa shape index (κ3) is 3.34. The van der Waals surface area contributed by atoms with Gasteiger partial charge < -0.3 is 5.73 Å². The lowest BCUT2D eigenvalue weighted by atomic mass is 9.75. The molecule has 18 heavy (non-hydrogen) atoms. The highest BCUT2D eigenvalue weighted by atomic mass is 16.1. The van der Waals surface area contributed by atoms with Crippen LogP contribution < -0.4 is 5.73 Å². The molecule has 0 saturated heterocycles. The molecule has 0 aromatic heterocycles. The van der Waals surface area contributed by atoms with Gasteiger partial charge >= 0.3 is 0 Å². The first-order valence-electron chi connectivity index (χ1n) is 7.01. The summed E-state index contributed by atoms with van der Waals surface area (Å²) >= 11 is 0. The molecule has 98 valence electrons. The second-order valence-corrected chi connectivity index (χ2v) is 5.59. The minimum Gasteiger partial charge on any atom is -0.370 e. The molecule has 0 aliphatic heterocycles. The predicted octanol–water partition coefficient (Wildman–Crippen LogP) is 3.53. The van der Waals surface area contributed by atoms with Crippen molar-refractivity contribution in [3.05, 3.63) is 35.4 Å². The van der Waals surface area contributed by atoms with E-state index < -0.39 is 0 Å². The Labute approximate surface area is 110 Å². The maximum atomic E-state index is 11.3. The summed E-state index contributed by atoms with van der Waals surface area (Å²) in [5.74, 6) is 0.780. The molecule has 1 saturated carbocycles. The van der Waals surface area contributed by atoms with Gasteiger partial charge in [-0.25, -0.2) is 0 Å². The molecule has 1 atom stereocenters. The number of carbonyl (C=O) groups is 1. The average molecular weight is 245 g/mol. The van der Waals surface area contributed by atoms with Gasteiger partial charge in [0.1, 0.15) is 0 Å². The van der Waals surface area contributed by atoms with Crippen molar-refractivity contribution in [2.45, 2.75) is 51.4 Å². The molecule has 1 aliphatic rings. The summed E-state index contributed by atoms with van der Waals surface area (Å²) in [5.41, 5.74) is 7.99. The fourth-order valence-corrected chi connectivity index (χ4v) is 3.21. The van der Waals surface area contributed by atoms with Crippen LogP contribution in [0.15, 0.2) is 24.3 Å². The molecular formula is C16H23NO. The van der Waals surface area contributed by atoms with Gasteiger partial charge in [-0.15, -0.1) is 0 Å². The molecule has 1 aromatic rings. The first kappa shape index (κ1) is 13.1. The fraction of sp³-hybridized carbons (Fsp3) is 0.562. The number of rotatable bonds is 4. The van der Waals surface area contributed by atoms with Crippen LogP contribution in [0.3, 0.4) is 0 Å². The van der Waals surface area contributed by atoms with Crippen LogP contribution >= 0.6 is 0 Å². The van der Waals surface area contributed by atoms with Crippen molar-refractivity contribution in [2.75, 3.05) is 0 Å². The van der Waals surface area contributed by atoms with Gasteiger partial charge in [0.05, 0.1) is 0 Å². The Bertz CT molecular complexity index is 407. The summed E-state index contributed by atoms with van der Waals surface area (Å²) < 4.78 is 0. The molecule has 1 fully saturated rings. The maximum Gasteiger partial charge on any atom is 0.218 e. The van der Waals surface area contributed by atoms with Gasteiger partial charge in [-0.2, -0.15) is 0 Å². The minimum atomic E-state index is -0.174. The van der Waals surface area contributed by atoms with E-state index in [0.717, 1.165) is 0 Å². The number of aryl methyl sites for hydroxylation is 1. The van der Waals surface area contributed by atoms with Gasteiger partial charge in [-0.1, -0.05) is 49.1 Å². The van der Waals surface area contributed by atoms with Crippen LogP contribution in [0.4, 0.5) is 0 Å². The summed E-state index contributed by atoms with van der Waals surface area (Å²) in [6, 6.07) is 8.55. The quantitative estimate of drug-likeness (QED) is 0.866. The Hall–Kier alpha value is -1.31. The molecule has 1 aromatic carbocycles. The van der Waals surface area contributed by atoms with Crippen molar-refractivity contribution < 1.29 is 4.79 Å². The smallest absolute Gasteiger partial charge is 0.218 e. The van der Waals surface area contributed by atoms with Gasteiger partial charge in [-0.3, -0.25) is 4.79 Å². The molecule has 0 spiro atoms. The fourth-order valence-electron chi connectivity index (χ4n) is 3.21. The molecule has 0 bridgehead atoms. The summed E-state index contributed by atoms with van der Waals surface area (Å²) in [5, 5.41) is 0. The number of carbonyl (C=O) groups excluding carboxylic acids is 1. The minimum absolute atomic E-state index is 0.174. The topological polar surface area (TPSA) is 43.1 Å². The number of amides is 1. The van der Waals surface area contributed by atoms with Crippen molar-refractivity contribution >= 4 is 5.91 Å². The zero-order valence-corrected chi connectivity index (χ0v) is 11.2. The van der Waals surface area contributed by atoms with Gasteiger partial charge in [0.2, 0.25) is 5.91 Å². The first-order chi connectivity index (χ1) is 8.66. The van der Waals surface area contributed by atoms with Crippen LogP contribution in [0.2, 0.25) is 0 Å². The average Bonchev–Trinajstić information content (AvgIpc) is 2.37. The highest BCUT2D eigenvalue weighted by Crippen LogP contribution is 2.38. The van der Waals surface area contributed by atoms with Crippen molar-refractivity contribution in [3.63, 3.8) is 0 Å². The third-order valence-electron chi connectivity index (χ3n) is 4.11. The third-order valence-corrected chi connectivity index (χ3v) is 4.11. The first-order valence-corrected chi connectivity index (χ1v) is 7.01. The van der Waals surface area contributed by atoms with E-state index >= 15 is 0 Å². The molecule has 1 amide bonds. The highest BCUT2D eigenvalue weighted by Gasteiger charge is 2.26. The van der Waals surface area contributed by atoms with Gasteiger partial charge in [-0.05, 0) is 37.2 Å². The Morgan fingerprint density at radius 2 is 2.06 bits per heavy atom. The Balaban J connectivity index is 2.20. The molecule has 2 heteroatoms. The molecule has 2 N–H and O–H groups in total. The summed E-state index contributed by atoms with van der Waals surface area (Å²) in [6.45, 7) is 2.10. The standard InChI is InChI=1S/C16H23NO/c1-12-6-5-9-14(10-12)15(11-16(17)18)13-7-3-2-4-8-13/h5-6,9-10,13,15H,2-4,7-8,11H2,1H3,(H2,17,18). The second-order valence-electron chi connectivity index (χ2n) is 5.59.